The predicted molar refractivity (Wildman–Crippen MR) is 123 cm³/mol. The third-order valence-electron chi connectivity index (χ3n) is 4.75. The standard InChI is InChI=1S/C24H22N2O3S/c1-4-29-24(28)22-21(25-17-9-5-7-15(2)13-17)19-11-12-20(27)26(23(19)30-22)18-10-6-8-16(3)14-18/h5-14,25H,4H2,1-3H3. The molecular formula is C24H22N2O3S. The SMILES string of the molecule is CCOC(=O)c1sc2c(ccc(=O)n2-c2cccc(C)c2)c1Nc1cccc(C)c1. The summed E-state index contributed by atoms with van der Waals surface area (Å²) in [5.74, 6) is -0.405. The highest BCUT2D eigenvalue weighted by Crippen LogP contribution is 2.38. The van der Waals surface area contributed by atoms with Gasteiger partial charge in [-0.2, -0.15) is 0 Å². The molecule has 0 unspecified atom stereocenters. The van der Waals surface area contributed by atoms with Gasteiger partial charge in [0.1, 0.15) is 9.71 Å². The van der Waals surface area contributed by atoms with Crippen molar-refractivity contribution in [3.63, 3.8) is 0 Å². The van der Waals surface area contributed by atoms with Crippen LogP contribution < -0.4 is 10.9 Å². The van der Waals surface area contributed by atoms with Gasteiger partial charge in [-0.25, -0.2) is 4.79 Å². The molecule has 4 aromatic rings. The number of rotatable bonds is 5. The molecule has 152 valence electrons. The number of fused-ring (bicyclic) bond motifs is 1. The third-order valence-corrected chi connectivity index (χ3v) is 5.92. The summed E-state index contributed by atoms with van der Waals surface area (Å²) >= 11 is 1.26. The topological polar surface area (TPSA) is 60.3 Å². The Hall–Kier alpha value is -3.38. The van der Waals surface area contributed by atoms with Gasteiger partial charge in [0, 0.05) is 17.1 Å². The number of nitrogens with zero attached hydrogens (tertiary/aromatic N) is 1. The van der Waals surface area contributed by atoms with Crippen molar-refractivity contribution in [1.29, 1.82) is 0 Å². The first-order valence-corrected chi connectivity index (χ1v) is 10.6. The molecule has 0 bridgehead atoms. The fourth-order valence-electron chi connectivity index (χ4n) is 3.43. The van der Waals surface area contributed by atoms with E-state index in [0.29, 0.717) is 15.4 Å². The van der Waals surface area contributed by atoms with Gasteiger partial charge in [0.25, 0.3) is 5.56 Å². The Bertz CT molecular complexity index is 1300. The van der Waals surface area contributed by atoms with Crippen molar-refractivity contribution >= 4 is 38.9 Å². The molecule has 2 heterocycles. The molecule has 0 saturated carbocycles. The van der Waals surface area contributed by atoms with E-state index < -0.39 is 5.97 Å². The van der Waals surface area contributed by atoms with Crippen LogP contribution in [0.3, 0.4) is 0 Å². The van der Waals surface area contributed by atoms with E-state index in [1.54, 1.807) is 17.6 Å². The maximum Gasteiger partial charge on any atom is 0.350 e. The largest absolute Gasteiger partial charge is 0.462 e. The number of thiophene rings is 1. The second-order valence-corrected chi connectivity index (χ2v) is 8.09. The first kappa shape index (κ1) is 19.9. The molecule has 0 spiro atoms. The van der Waals surface area contributed by atoms with Crippen LogP contribution >= 0.6 is 11.3 Å². The average molecular weight is 419 g/mol. The van der Waals surface area contributed by atoms with E-state index in [0.717, 1.165) is 27.9 Å². The number of anilines is 2. The summed E-state index contributed by atoms with van der Waals surface area (Å²) in [4.78, 5) is 26.7. The lowest BCUT2D eigenvalue weighted by Crippen LogP contribution is -2.16. The summed E-state index contributed by atoms with van der Waals surface area (Å²) < 4.78 is 6.95. The highest BCUT2D eigenvalue weighted by Gasteiger charge is 2.22. The van der Waals surface area contributed by atoms with Crippen LogP contribution in [0.15, 0.2) is 65.5 Å². The lowest BCUT2D eigenvalue weighted by atomic mass is 10.2. The number of esters is 1. The van der Waals surface area contributed by atoms with Gasteiger partial charge in [0.2, 0.25) is 0 Å². The monoisotopic (exact) mass is 418 g/mol. The van der Waals surface area contributed by atoms with Crippen LogP contribution in [0.5, 0.6) is 0 Å². The van der Waals surface area contributed by atoms with Crippen molar-refractivity contribution in [3.8, 4) is 5.69 Å². The number of ether oxygens (including phenoxy) is 1. The van der Waals surface area contributed by atoms with Crippen LogP contribution in [0.1, 0.15) is 27.7 Å². The van der Waals surface area contributed by atoms with Crippen molar-refractivity contribution in [1.82, 2.24) is 4.57 Å². The zero-order valence-electron chi connectivity index (χ0n) is 17.1. The summed E-state index contributed by atoms with van der Waals surface area (Å²) in [6.07, 6.45) is 0. The van der Waals surface area contributed by atoms with Gasteiger partial charge < -0.3 is 10.1 Å². The first-order valence-electron chi connectivity index (χ1n) is 9.74. The Balaban J connectivity index is 1.97. The molecule has 2 aromatic carbocycles. The lowest BCUT2D eigenvalue weighted by Gasteiger charge is -2.10. The average Bonchev–Trinajstić information content (AvgIpc) is 3.06. The van der Waals surface area contributed by atoms with Gasteiger partial charge in [0.05, 0.1) is 18.0 Å². The highest BCUT2D eigenvalue weighted by molar-refractivity contribution is 7.21. The number of carbonyl (C=O) groups is 1. The molecule has 0 fully saturated rings. The zero-order chi connectivity index (χ0) is 21.3. The van der Waals surface area contributed by atoms with E-state index in [2.05, 4.69) is 5.32 Å². The van der Waals surface area contributed by atoms with Crippen LogP contribution in [0.4, 0.5) is 11.4 Å². The normalized spacial score (nSPS) is 10.9. The Morgan fingerprint density at radius 3 is 2.47 bits per heavy atom. The molecule has 6 heteroatoms. The molecule has 0 atom stereocenters. The molecule has 4 rings (SSSR count). The third kappa shape index (κ3) is 3.74. The second kappa shape index (κ2) is 8.16. The molecule has 5 nitrogen and oxygen atoms in total. The molecular weight excluding hydrogens is 396 g/mol. The highest BCUT2D eigenvalue weighted by atomic mass is 32.1. The molecule has 0 aliphatic heterocycles. The molecule has 2 aromatic heterocycles. The van der Waals surface area contributed by atoms with Crippen LogP contribution in [-0.2, 0) is 4.74 Å². The number of aromatic nitrogens is 1. The fraction of sp³-hybridized carbons (Fsp3) is 0.167. The summed E-state index contributed by atoms with van der Waals surface area (Å²) in [5.41, 5.74) is 4.30. The number of nitrogens with one attached hydrogen (secondary N) is 1. The van der Waals surface area contributed by atoms with Crippen molar-refractivity contribution in [2.45, 2.75) is 20.8 Å². The number of carbonyl (C=O) groups excluding carboxylic acids is 1. The number of hydrogen-bond donors (Lipinski definition) is 1. The summed E-state index contributed by atoms with van der Waals surface area (Å²) in [7, 11) is 0. The van der Waals surface area contributed by atoms with Gasteiger partial charge >= 0.3 is 5.97 Å². The maximum atomic E-state index is 12.8. The van der Waals surface area contributed by atoms with E-state index >= 15 is 0 Å². The molecule has 30 heavy (non-hydrogen) atoms. The second-order valence-electron chi connectivity index (χ2n) is 7.09. The Kier molecular flexibility index (Phi) is 5.42. The zero-order valence-corrected chi connectivity index (χ0v) is 17.9. The van der Waals surface area contributed by atoms with Crippen molar-refractivity contribution < 1.29 is 9.53 Å². The van der Waals surface area contributed by atoms with Crippen molar-refractivity contribution in [3.05, 3.63) is 87.0 Å². The minimum absolute atomic E-state index is 0.146. The minimum Gasteiger partial charge on any atom is -0.462 e. The first-order chi connectivity index (χ1) is 14.5. The quantitative estimate of drug-likeness (QED) is 0.429. The van der Waals surface area contributed by atoms with Crippen molar-refractivity contribution in [2.24, 2.45) is 0 Å². The Morgan fingerprint density at radius 1 is 1.03 bits per heavy atom. The van der Waals surface area contributed by atoms with E-state index in [1.807, 2.05) is 62.4 Å². The van der Waals surface area contributed by atoms with E-state index in [9.17, 15) is 9.59 Å². The number of benzene rings is 2. The van der Waals surface area contributed by atoms with Crippen LogP contribution in [0, 0.1) is 13.8 Å². The lowest BCUT2D eigenvalue weighted by molar-refractivity contribution is 0.0533. The van der Waals surface area contributed by atoms with Crippen LogP contribution in [0.2, 0.25) is 0 Å². The number of hydrogen-bond acceptors (Lipinski definition) is 5. The summed E-state index contributed by atoms with van der Waals surface area (Å²) in [6.45, 7) is 6.06. The van der Waals surface area contributed by atoms with E-state index in [-0.39, 0.29) is 12.2 Å². The summed E-state index contributed by atoms with van der Waals surface area (Å²) in [5, 5.41) is 4.18. The summed E-state index contributed by atoms with van der Waals surface area (Å²) in [6, 6.07) is 19.0. The molecule has 0 radical (unpaired) electrons. The molecule has 0 amide bonds. The number of pyridine rings is 1. The Labute approximate surface area is 178 Å². The van der Waals surface area contributed by atoms with E-state index in [4.69, 9.17) is 4.74 Å². The van der Waals surface area contributed by atoms with Crippen LogP contribution in [-0.4, -0.2) is 17.1 Å². The molecule has 0 aliphatic rings. The Morgan fingerprint density at radius 2 is 1.77 bits per heavy atom. The van der Waals surface area contributed by atoms with Crippen molar-refractivity contribution in [2.75, 3.05) is 11.9 Å². The van der Waals surface area contributed by atoms with Gasteiger partial charge in [-0.1, -0.05) is 24.3 Å². The molecule has 0 saturated heterocycles. The van der Waals surface area contributed by atoms with E-state index in [1.165, 1.54) is 17.4 Å². The van der Waals surface area contributed by atoms with Gasteiger partial charge in [-0.05, 0) is 62.2 Å². The van der Waals surface area contributed by atoms with Gasteiger partial charge in [-0.15, -0.1) is 11.3 Å². The number of aryl methyl sites for hydroxylation is 2. The van der Waals surface area contributed by atoms with Crippen LogP contribution in [0.25, 0.3) is 15.9 Å². The van der Waals surface area contributed by atoms with Gasteiger partial charge in [-0.3, -0.25) is 9.36 Å². The maximum absolute atomic E-state index is 12.8. The smallest absolute Gasteiger partial charge is 0.350 e. The minimum atomic E-state index is -0.405. The van der Waals surface area contributed by atoms with Gasteiger partial charge in [0.15, 0.2) is 0 Å². The molecule has 1 N–H and O–H groups in total. The fourth-order valence-corrected chi connectivity index (χ4v) is 4.59. The molecule has 0 aliphatic carbocycles. The predicted octanol–water partition coefficient (Wildman–Crippen LogP) is 5.59.